The van der Waals surface area contributed by atoms with E-state index in [1.807, 2.05) is 0 Å². The minimum atomic E-state index is -5.08. The second-order valence-corrected chi connectivity index (χ2v) is 6.72. The van der Waals surface area contributed by atoms with E-state index in [0.717, 1.165) is 25.2 Å². The Morgan fingerprint density at radius 3 is 1.62 bits per heavy atom. The van der Waals surface area contributed by atoms with Gasteiger partial charge in [-0.2, -0.15) is 39.5 Å². The molecule has 6 nitrogen and oxygen atoms in total. The van der Waals surface area contributed by atoms with E-state index in [2.05, 4.69) is 10.2 Å². The van der Waals surface area contributed by atoms with Crippen molar-refractivity contribution >= 4 is 11.9 Å². The number of carboxylic acid groups (broad SMARTS) is 2. The summed E-state index contributed by atoms with van der Waals surface area (Å²) in [6, 6.07) is 6.63. The predicted molar refractivity (Wildman–Crippen MR) is 89.4 cm³/mol. The molecule has 15 heteroatoms. The molecule has 0 radical (unpaired) electrons. The van der Waals surface area contributed by atoms with Gasteiger partial charge in [0.05, 0.1) is 5.56 Å². The number of hydrogen-bond donors (Lipinski definition) is 3. The summed E-state index contributed by atoms with van der Waals surface area (Å²) in [4.78, 5) is 20.1. The maximum atomic E-state index is 12.4. The Hall–Kier alpha value is -2.55. The number of piperazine rings is 1. The third-order valence-electron chi connectivity index (χ3n) is 4.32. The van der Waals surface area contributed by atoms with Crippen molar-refractivity contribution < 1.29 is 59.3 Å². The first kappa shape index (κ1) is 27.5. The molecule has 3 rings (SSSR count). The van der Waals surface area contributed by atoms with E-state index in [4.69, 9.17) is 19.8 Å². The molecule has 0 saturated carbocycles. The number of alkyl halides is 9. The Labute approximate surface area is 174 Å². The van der Waals surface area contributed by atoms with Gasteiger partial charge in [-0.15, -0.1) is 0 Å². The molecule has 0 aromatic heterocycles. The number of carbonyl (C=O) groups is 2. The number of aliphatic carboxylic acids is 2. The number of nitrogens with zero attached hydrogens (tertiary/aromatic N) is 1. The maximum absolute atomic E-state index is 12.4. The van der Waals surface area contributed by atoms with Crippen molar-refractivity contribution in [3.63, 3.8) is 0 Å². The fraction of sp³-hybridized carbons (Fsp3) is 0.529. The lowest BCUT2D eigenvalue weighted by atomic mass is 10.1. The van der Waals surface area contributed by atoms with E-state index >= 15 is 0 Å². The number of likely N-dealkylation sites (tertiary alicyclic amines) is 1. The second kappa shape index (κ2) is 10.4. The van der Waals surface area contributed by atoms with Crippen LogP contribution in [-0.4, -0.2) is 64.6 Å². The first-order valence-electron chi connectivity index (χ1n) is 8.65. The quantitative estimate of drug-likeness (QED) is 0.557. The summed E-state index contributed by atoms with van der Waals surface area (Å²) in [6.07, 6.45) is -13.2. The van der Waals surface area contributed by atoms with E-state index in [9.17, 15) is 39.5 Å². The van der Waals surface area contributed by atoms with Gasteiger partial charge >= 0.3 is 30.5 Å². The number of nitrogens with one attached hydrogen (secondary N) is 1. The van der Waals surface area contributed by atoms with Crippen LogP contribution in [0.5, 0.6) is 0 Å². The van der Waals surface area contributed by atoms with Gasteiger partial charge in [-0.3, -0.25) is 4.90 Å². The van der Waals surface area contributed by atoms with Gasteiger partial charge in [0.1, 0.15) is 0 Å². The fourth-order valence-corrected chi connectivity index (χ4v) is 2.87. The molecule has 0 aliphatic carbocycles. The van der Waals surface area contributed by atoms with Gasteiger partial charge in [0.2, 0.25) is 0 Å². The van der Waals surface area contributed by atoms with Gasteiger partial charge in [-0.25, -0.2) is 9.59 Å². The summed E-state index contributed by atoms with van der Waals surface area (Å²) >= 11 is 0. The van der Waals surface area contributed by atoms with Gasteiger partial charge in [0, 0.05) is 31.7 Å². The minimum absolute atomic E-state index is 0.553. The molecular weight excluding hydrogens is 467 g/mol. The molecule has 2 fully saturated rings. The zero-order valence-electron chi connectivity index (χ0n) is 15.9. The summed E-state index contributed by atoms with van der Waals surface area (Å²) in [5.74, 6) is -5.51. The molecule has 2 aliphatic rings. The molecule has 3 N–H and O–H groups in total. The Bertz CT molecular complexity index is 752. The van der Waals surface area contributed by atoms with Crippen molar-refractivity contribution in [2.24, 2.45) is 0 Å². The fourth-order valence-electron chi connectivity index (χ4n) is 2.87. The Kier molecular flexibility index (Phi) is 8.91. The molecule has 2 bridgehead atoms. The monoisotopic (exact) mass is 484 g/mol. The number of rotatable bonds is 2. The molecule has 0 spiro atoms. The van der Waals surface area contributed by atoms with Crippen molar-refractivity contribution in [1.82, 2.24) is 10.2 Å². The largest absolute Gasteiger partial charge is 0.490 e. The highest BCUT2D eigenvalue weighted by molar-refractivity contribution is 5.73. The minimum Gasteiger partial charge on any atom is -0.475 e. The molecule has 2 heterocycles. The lowest BCUT2D eigenvalue weighted by Crippen LogP contribution is -2.42. The van der Waals surface area contributed by atoms with Crippen molar-refractivity contribution in [3.05, 3.63) is 35.4 Å². The zero-order chi connectivity index (χ0) is 24.9. The van der Waals surface area contributed by atoms with Crippen LogP contribution in [0.2, 0.25) is 0 Å². The molecule has 0 amide bonds. The number of fused-ring (bicyclic) bond motifs is 2. The number of halogens is 9. The number of hydrogen-bond acceptors (Lipinski definition) is 4. The van der Waals surface area contributed by atoms with Crippen LogP contribution >= 0.6 is 0 Å². The van der Waals surface area contributed by atoms with Gasteiger partial charge < -0.3 is 15.5 Å². The summed E-state index contributed by atoms with van der Waals surface area (Å²) in [5, 5.41) is 17.7. The second-order valence-electron chi connectivity index (χ2n) is 6.72. The maximum Gasteiger partial charge on any atom is 0.490 e. The molecule has 182 valence electrons. The average Bonchev–Trinajstić information content (AvgIpc) is 3.24. The molecule has 32 heavy (non-hydrogen) atoms. The van der Waals surface area contributed by atoms with E-state index in [1.165, 1.54) is 18.6 Å². The predicted octanol–water partition coefficient (Wildman–Crippen LogP) is 3.52. The molecule has 2 aliphatic heterocycles. The van der Waals surface area contributed by atoms with Gasteiger partial charge in [0.25, 0.3) is 0 Å². The molecular formula is C17H17F9N2O4. The highest BCUT2D eigenvalue weighted by atomic mass is 19.4. The van der Waals surface area contributed by atoms with Crippen LogP contribution in [0.1, 0.15) is 17.5 Å². The van der Waals surface area contributed by atoms with E-state index in [-0.39, 0.29) is 0 Å². The highest BCUT2D eigenvalue weighted by Crippen LogP contribution is 2.30. The van der Waals surface area contributed by atoms with Crippen LogP contribution in [0.15, 0.2) is 24.3 Å². The van der Waals surface area contributed by atoms with Crippen LogP contribution < -0.4 is 5.32 Å². The zero-order valence-corrected chi connectivity index (χ0v) is 15.9. The van der Waals surface area contributed by atoms with Gasteiger partial charge in [-0.1, -0.05) is 12.1 Å². The standard InChI is InChI=1S/C13H15F3N2.2C2HF3O2/c14-13(15,16)10-3-1-9(2-4-10)7-18-8-11-5-12(18)6-17-11;2*3-2(4,5)1(6)7/h1-4,11-12,17H,5-8H2;2*(H,6,7)/t11-,12-;;/m0../s1. The third-order valence-corrected chi connectivity index (χ3v) is 4.32. The van der Waals surface area contributed by atoms with Crippen LogP contribution in [0, 0.1) is 0 Å². The van der Waals surface area contributed by atoms with Gasteiger partial charge in [-0.05, 0) is 24.1 Å². The summed E-state index contributed by atoms with van der Waals surface area (Å²) in [7, 11) is 0. The number of benzene rings is 1. The topological polar surface area (TPSA) is 89.9 Å². The Balaban J connectivity index is 0.000000305. The number of carboxylic acids is 2. The smallest absolute Gasteiger partial charge is 0.475 e. The molecule has 0 unspecified atom stereocenters. The van der Waals surface area contributed by atoms with Gasteiger partial charge in [0.15, 0.2) is 0 Å². The lowest BCUT2D eigenvalue weighted by Gasteiger charge is -2.27. The van der Waals surface area contributed by atoms with E-state index in [1.54, 1.807) is 12.1 Å². The third kappa shape index (κ3) is 8.90. The van der Waals surface area contributed by atoms with Crippen molar-refractivity contribution in [2.45, 2.75) is 43.6 Å². The van der Waals surface area contributed by atoms with Crippen LogP contribution in [0.25, 0.3) is 0 Å². The highest BCUT2D eigenvalue weighted by Gasteiger charge is 2.39. The first-order valence-corrected chi connectivity index (χ1v) is 8.65. The van der Waals surface area contributed by atoms with Crippen molar-refractivity contribution in [2.75, 3.05) is 13.1 Å². The molecule has 1 aromatic rings. The average molecular weight is 484 g/mol. The normalized spacial score (nSPS) is 20.7. The van der Waals surface area contributed by atoms with E-state index < -0.39 is 36.0 Å². The Morgan fingerprint density at radius 1 is 0.906 bits per heavy atom. The lowest BCUT2D eigenvalue weighted by molar-refractivity contribution is -0.193. The van der Waals surface area contributed by atoms with Crippen LogP contribution in [0.3, 0.4) is 0 Å². The summed E-state index contributed by atoms with van der Waals surface area (Å²) < 4.78 is 101. The van der Waals surface area contributed by atoms with E-state index in [0.29, 0.717) is 12.1 Å². The Morgan fingerprint density at radius 2 is 1.34 bits per heavy atom. The van der Waals surface area contributed by atoms with Crippen LogP contribution in [0.4, 0.5) is 39.5 Å². The first-order chi connectivity index (χ1) is 14.4. The molecule has 2 atom stereocenters. The van der Waals surface area contributed by atoms with Crippen molar-refractivity contribution in [1.29, 1.82) is 0 Å². The van der Waals surface area contributed by atoms with Crippen molar-refractivity contribution in [3.8, 4) is 0 Å². The summed E-state index contributed by atoms with van der Waals surface area (Å²) in [6.45, 7) is 2.76. The molecule has 2 saturated heterocycles. The SMILES string of the molecule is FC(F)(F)c1ccc(CN2C[C@@H]3C[C@H]2CN3)cc1.O=C(O)C(F)(F)F.O=C(O)C(F)(F)F. The van der Waals surface area contributed by atoms with Crippen LogP contribution in [-0.2, 0) is 22.3 Å². The summed E-state index contributed by atoms with van der Waals surface area (Å²) in [5.41, 5.74) is 0.381. The molecule has 1 aromatic carbocycles.